The molecule has 0 fully saturated rings. The maximum absolute atomic E-state index is 13.0. The molecular weight excluding hydrogens is 332 g/mol. The van der Waals surface area contributed by atoms with Gasteiger partial charge in [-0.25, -0.2) is 9.67 Å². The van der Waals surface area contributed by atoms with Crippen molar-refractivity contribution in [1.29, 1.82) is 0 Å². The molecule has 0 spiro atoms. The molecule has 2 atom stereocenters. The first-order valence-electron chi connectivity index (χ1n) is 7.99. The highest BCUT2D eigenvalue weighted by Crippen LogP contribution is 2.38. The van der Waals surface area contributed by atoms with Gasteiger partial charge in [0.25, 0.3) is 0 Å². The van der Waals surface area contributed by atoms with Crippen molar-refractivity contribution in [1.82, 2.24) is 19.7 Å². The van der Waals surface area contributed by atoms with E-state index in [4.69, 9.17) is 0 Å². The summed E-state index contributed by atoms with van der Waals surface area (Å²) < 4.78 is 1.62. The number of nitrogens with zero attached hydrogens (tertiary/aromatic N) is 4. The lowest BCUT2D eigenvalue weighted by atomic mass is 9.88. The number of amides is 1. The summed E-state index contributed by atoms with van der Waals surface area (Å²) >= 11 is 0. The van der Waals surface area contributed by atoms with E-state index in [-0.39, 0.29) is 11.7 Å². The molecule has 26 heavy (non-hydrogen) atoms. The minimum atomic E-state index is -0.673. The van der Waals surface area contributed by atoms with Crippen LogP contribution in [0.4, 0.5) is 11.8 Å². The Kier molecular flexibility index (Phi) is 3.85. The van der Waals surface area contributed by atoms with Crippen LogP contribution >= 0.6 is 0 Å². The van der Waals surface area contributed by atoms with Crippen molar-refractivity contribution < 1.29 is 9.90 Å². The van der Waals surface area contributed by atoms with Gasteiger partial charge >= 0.3 is 0 Å². The van der Waals surface area contributed by atoms with Crippen molar-refractivity contribution in [2.45, 2.75) is 6.04 Å². The van der Waals surface area contributed by atoms with Gasteiger partial charge in [0, 0.05) is 11.9 Å². The van der Waals surface area contributed by atoms with Crippen molar-refractivity contribution >= 4 is 17.7 Å². The fraction of sp³-hybridized carbons (Fsp3) is 0.111. The van der Waals surface area contributed by atoms with Crippen molar-refractivity contribution in [3.8, 4) is 5.75 Å². The zero-order valence-electron chi connectivity index (χ0n) is 13.7. The molecule has 0 saturated heterocycles. The van der Waals surface area contributed by atoms with Crippen molar-refractivity contribution in [2.75, 3.05) is 10.6 Å². The van der Waals surface area contributed by atoms with Crippen LogP contribution in [0.5, 0.6) is 5.75 Å². The normalized spacial score (nSPS) is 18.7. The quantitative estimate of drug-likeness (QED) is 0.670. The van der Waals surface area contributed by atoms with Crippen LogP contribution in [0.25, 0.3) is 0 Å². The Balaban J connectivity index is 1.75. The van der Waals surface area contributed by atoms with Gasteiger partial charge in [0.2, 0.25) is 11.9 Å². The first kappa shape index (κ1) is 15.8. The third-order valence-electron chi connectivity index (χ3n) is 4.21. The van der Waals surface area contributed by atoms with Gasteiger partial charge in [-0.3, -0.25) is 4.79 Å². The molecular formula is C18H16N6O2. The minimum Gasteiger partial charge on any atom is -0.508 e. The summed E-state index contributed by atoms with van der Waals surface area (Å²) in [5, 5.41) is 19.9. The third kappa shape index (κ3) is 2.77. The van der Waals surface area contributed by atoms with Gasteiger partial charge in [0.05, 0.1) is 6.04 Å². The maximum atomic E-state index is 13.0. The predicted octanol–water partition coefficient (Wildman–Crippen LogP) is 2.16. The zero-order valence-corrected chi connectivity index (χ0v) is 13.7. The number of hydrogen-bond acceptors (Lipinski definition) is 6. The van der Waals surface area contributed by atoms with Crippen LogP contribution in [-0.4, -0.2) is 30.8 Å². The second-order valence-electron chi connectivity index (χ2n) is 5.90. The highest BCUT2D eigenvalue weighted by atomic mass is 16.3. The highest BCUT2D eigenvalue weighted by molar-refractivity contribution is 5.95. The maximum Gasteiger partial charge on any atom is 0.237 e. The molecule has 1 aliphatic heterocycles. The number of phenols is 1. The number of anilines is 2. The second kappa shape index (κ2) is 6.32. The molecule has 8 heteroatoms. The average Bonchev–Trinajstić information content (AvgIpc) is 3.09. The molecule has 1 aromatic carbocycles. The molecule has 2 unspecified atom stereocenters. The van der Waals surface area contributed by atoms with Crippen LogP contribution in [0.2, 0.25) is 0 Å². The molecule has 130 valence electrons. The van der Waals surface area contributed by atoms with Crippen LogP contribution in [-0.2, 0) is 4.79 Å². The van der Waals surface area contributed by atoms with E-state index < -0.39 is 12.0 Å². The Hall–Kier alpha value is -3.68. The summed E-state index contributed by atoms with van der Waals surface area (Å²) in [4.78, 5) is 21.3. The molecule has 0 saturated carbocycles. The lowest BCUT2D eigenvalue weighted by Gasteiger charge is -2.33. The topological polar surface area (TPSA) is 105 Å². The van der Waals surface area contributed by atoms with E-state index in [9.17, 15) is 9.90 Å². The van der Waals surface area contributed by atoms with Gasteiger partial charge < -0.3 is 15.7 Å². The Labute approximate surface area is 149 Å². The Morgan fingerprint density at radius 1 is 1.23 bits per heavy atom. The smallest absolute Gasteiger partial charge is 0.237 e. The number of hydrogen-bond donors (Lipinski definition) is 3. The summed E-state index contributed by atoms with van der Waals surface area (Å²) in [6.07, 6.45) is 3.01. The number of pyridine rings is 1. The predicted molar refractivity (Wildman–Crippen MR) is 95.4 cm³/mol. The van der Waals surface area contributed by atoms with Gasteiger partial charge in [-0.1, -0.05) is 24.8 Å². The average molecular weight is 348 g/mol. The van der Waals surface area contributed by atoms with Gasteiger partial charge in [-0.2, -0.15) is 10.1 Å². The minimum absolute atomic E-state index is 0.109. The van der Waals surface area contributed by atoms with Crippen molar-refractivity contribution in [2.24, 2.45) is 5.92 Å². The molecule has 0 radical (unpaired) electrons. The van der Waals surface area contributed by atoms with Crippen LogP contribution in [0.3, 0.4) is 0 Å². The molecule has 4 rings (SSSR count). The largest absolute Gasteiger partial charge is 0.508 e. The summed E-state index contributed by atoms with van der Waals surface area (Å²) in [7, 11) is 0. The molecule has 3 heterocycles. The fourth-order valence-corrected chi connectivity index (χ4v) is 3.08. The number of rotatable bonds is 3. The van der Waals surface area contributed by atoms with E-state index in [1.54, 1.807) is 47.3 Å². The Bertz CT molecular complexity index is 969. The van der Waals surface area contributed by atoms with Crippen LogP contribution in [0.15, 0.2) is 67.3 Å². The molecule has 2 aromatic heterocycles. The lowest BCUT2D eigenvalue weighted by molar-refractivity contribution is -0.119. The first-order valence-corrected chi connectivity index (χ1v) is 7.99. The van der Waals surface area contributed by atoms with Crippen LogP contribution in [0.1, 0.15) is 11.6 Å². The number of phenolic OH excluding ortho intramolecular Hbond substituents is 1. The first-order chi connectivity index (χ1) is 12.6. The monoisotopic (exact) mass is 348 g/mol. The third-order valence-corrected chi connectivity index (χ3v) is 4.21. The van der Waals surface area contributed by atoms with Crippen LogP contribution in [0, 0.1) is 5.92 Å². The number of benzene rings is 1. The summed E-state index contributed by atoms with van der Waals surface area (Å²) in [5.41, 5.74) is 1.22. The molecule has 0 aliphatic carbocycles. The molecule has 3 N–H and O–H groups in total. The zero-order chi connectivity index (χ0) is 18.1. The van der Waals surface area contributed by atoms with E-state index in [1.807, 2.05) is 6.07 Å². The van der Waals surface area contributed by atoms with Crippen molar-refractivity contribution in [3.63, 3.8) is 0 Å². The van der Waals surface area contributed by atoms with E-state index in [1.165, 1.54) is 6.33 Å². The highest BCUT2D eigenvalue weighted by Gasteiger charge is 2.39. The summed E-state index contributed by atoms with van der Waals surface area (Å²) in [6, 6.07) is 11.5. The fourth-order valence-electron chi connectivity index (χ4n) is 3.08. The van der Waals surface area contributed by atoms with E-state index >= 15 is 0 Å². The van der Waals surface area contributed by atoms with E-state index in [2.05, 4.69) is 32.3 Å². The Morgan fingerprint density at radius 3 is 2.88 bits per heavy atom. The SMILES string of the molecule is C=C1Nc2ncnn2C(c2cccc(O)c2)C1C(=O)Nc1ccccn1. The molecule has 3 aromatic rings. The number of fused-ring (bicyclic) bond motifs is 1. The van der Waals surface area contributed by atoms with Gasteiger partial charge in [-0.05, 0) is 29.8 Å². The number of carbonyl (C=O) groups is 1. The Morgan fingerprint density at radius 2 is 2.12 bits per heavy atom. The van der Waals surface area contributed by atoms with E-state index in [0.717, 1.165) is 5.56 Å². The molecule has 8 nitrogen and oxygen atoms in total. The lowest BCUT2D eigenvalue weighted by Crippen LogP contribution is -2.39. The standard InChI is InChI=1S/C18H16N6O2/c1-11-15(17(26)23-14-7-2-3-8-19-14)16(12-5-4-6-13(25)9-12)24-18(22-11)20-10-21-24/h2-10,15-16,25H,1H2,(H,19,23,26)(H,20,21,22). The van der Waals surface area contributed by atoms with Gasteiger partial charge in [0.1, 0.15) is 23.8 Å². The van der Waals surface area contributed by atoms with Crippen LogP contribution < -0.4 is 10.6 Å². The van der Waals surface area contributed by atoms with Gasteiger partial charge in [0.15, 0.2) is 0 Å². The summed E-state index contributed by atoms with van der Waals surface area (Å²) in [6.45, 7) is 4.00. The van der Waals surface area contributed by atoms with Gasteiger partial charge in [-0.15, -0.1) is 0 Å². The van der Waals surface area contributed by atoms with Crippen molar-refractivity contribution in [3.05, 3.63) is 72.8 Å². The summed E-state index contributed by atoms with van der Waals surface area (Å²) in [5.74, 6) is 0.0930. The van der Waals surface area contributed by atoms with E-state index in [0.29, 0.717) is 17.5 Å². The number of aromatic hydroxyl groups is 1. The molecule has 1 amide bonds. The number of carbonyl (C=O) groups excluding carboxylic acids is 1. The number of nitrogens with one attached hydrogen (secondary N) is 2. The second-order valence-corrected chi connectivity index (χ2v) is 5.90. The molecule has 0 bridgehead atoms. The molecule has 1 aliphatic rings. The number of aromatic nitrogens is 4.